The highest BCUT2D eigenvalue weighted by Gasteiger charge is 2.15. The van der Waals surface area contributed by atoms with E-state index < -0.39 is 10.1 Å². The zero-order valence-electron chi connectivity index (χ0n) is 14.1. The summed E-state index contributed by atoms with van der Waals surface area (Å²) in [6.45, 7) is 4.13. The van der Waals surface area contributed by atoms with Crippen molar-refractivity contribution < 1.29 is 22.1 Å². The summed E-state index contributed by atoms with van der Waals surface area (Å²) in [7, 11) is -3.82. The number of thiophene rings is 1. The maximum atomic E-state index is 12.1. The molecule has 1 aromatic heterocycles. The van der Waals surface area contributed by atoms with Crippen LogP contribution in [0.1, 0.15) is 29.9 Å². The van der Waals surface area contributed by atoms with Crippen LogP contribution in [0.2, 0.25) is 0 Å². The smallest absolute Gasteiger partial charge is 0.296 e. The first-order valence-corrected chi connectivity index (χ1v) is 10.1. The molecule has 1 heterocycles. The predicted octanol–water partition coefficient (Wildman–Crippen LogP) is 3.06. The second-order valence-corrected chi connectivity index (χ2v) is 8.06. The summed E-state index contributed by atoms with van der Waals surface area (Å²) in [4.78, 5) is 12.4. The molecule has 0 aliphatic carbocycles. The number of benzene rings is 1. The summed E-state index contributed by atoms with van der Waals surface area (Å²) in [6, 6.07) is 9.62. The lowest BCUT2D eigenvalue weighted by Crippen LogP contribution is -2.24. The van der Waals surface area contributed by atoms with Crippen LogP contribution in [0, 0.1) is 0 Å². The summed E-state index contributed by atoms with van der Waals surface area (Å²) in [5.74, 6) is 0.434. The number of hydrogen-bond acceptors (Lipinski definition) is 6. The zero-order chi connectivity index (χ0) is 18.3. The van der Waals surface area contributed by atoms with Crippen LogP contribution in [0.4, 0.5) is 0 Å². The first-order chi connectivity index (χ1) is 11.9. The van der Waals surface area contributed by atoms with Crippen LogP contribution in [0.25, 0.3) is 0 Å². The Morgan fingerprint density at radius 1 is 1.20 bits per heavy atom. The fourth-order valence-corrected chi connectivity index (χ4v) is 3.55. The Bertz CT molecular complexity index is 768. The van der Waals surface area contributed by atoms with Crippen molar-refractivity contribution in [3.8, 4) is 5.75 Å². The van der Waals surface area contributed by atoms with Gasteiger partial charge in [0.1, 0.15) is 5.75 Å². The zero-order valence-corrected chi connectivity index (χ0v) is 15.7. The van der Waals surface area contributed by atoms with Gasteiger partial charge in [-0.3, -0.25) is 8.98 Å². The molecular formula is C17H21NO5S2. The maximum Gasteiger partial charge on any atom is 0.296 e. The van der Waals surface area contributed by atoms with Crippen LogP contribution in [0.3, 0.4) is 0 Å². The Hall–Kier alpha value is -1.90. The maximum absolute atomic E-state index is 12.1. The minimum Gasteiger partial charge on any atom is -0.491 e. The molecule has 2 rings (SSSR count). The summed E-state index contributed by atoms with van der Waals surface area (Å²) in [6.07, 6.45) is 0.410. The Kier molecular flexibility index (Phi) is 6.98. The third-order valence-electron chi connectivity index (χ3n) is 3.07. The molecule has 1 aromatic carbocycles. The normalized spacial score (nSPS) is 11.5. The van der Waals surface area contributed by atoms with Crippen molar-refractivity contribution >= 4 is 27.4 Å². The van der Waals surface area contributed by atoms with Crippen molar-refractivity contribution in [1.82, 2.24) is 5.32 Å². The number of nitrogens with one attached hydrogen (secondary N) is 1. The average Bonchev–Trinajstić information content (AvgIpc) is 3.09. The van der Waals surface area contributed by atoms with E-state index in [2.05, 4.69) is 5.32 Å². The highest BCUT2D eigenvalue weighted by molar-refractivity contribution is 7.86. The first-order valence-electron chi connectivity index (χ1n) is 7.86. The van der Waals surface area contributed by atoms with Gasteiger partial charge >= 0.3 is 0 Å². The van der Waals surface area contributed by atoms with E-state index in [0.717, 1.165) is 0 Å². The number of amides is 1. The number of rotatable bonds is 9. The third-order valence-corrected chi connectivity index (χ3v) is 5.27. The van der Waals surface area contributed by atoms with Crippen LogP contribution in [-0.4, -0.2) is 33.6 Å². The lowest BCUT2D eigenvalue weighted by molar-refractivity contribution is 0.0956. The largest absolute Gasteiger partial charge is 0.491 e. The molecule has 0 aliphatic rings. The number of carbonyl (C=O) groups excluding carboxylic acids is 1. The molecule has 0 bridgehead atoms. The van der Waals surface area contributed by atoms with Crippen LogP contribution in [-0.2, 0) is 14.3 Å². The second kappa shape index (κ2) is 8.98. The fourth-order valence-electron chi connectivity index (χ4n) is 1.96. The van der Waals surface area contributed by atoms with Crippen LogP contribution >= 0.6 is 11.3 Å². The SMILES string of the molecule is CC(C)Oc1ccc(S(=O)(=O)OCCCNC(=O)c2cccs2)cc1. The number of carbonyl (C=O) groups is 1. The molecule has 1 amide bonds. The minimum atomic E-state index is -3.82. The van der Waals surface area contributed by atoms with Crippen molar-refractivity contribution in [2.45, 2.75) is 31.3 Å². The van der Waals surface area contributed by atoms with Gasteiger partial charge in [0.2, 0.25) is 0 Å². The van der Waals surface area contributed by atoms with Crippen molar-refractivity contribution in [2.24, 2.45) is 0 Å². The summed E-state index contributed by atoms with van der Waals surface area (Å²) < 4.78 is 34.7. The molecule has 0 saturated heterocycles. The van der Waals surface area contributed by atoms with Gasteiger partial charge < -0.3 is 10.1 Å². The van der Waals surface area contributed by atoms with Gasteiger partial charge in [-0.05, 0) is 56.0 Å². The molecule has 0 spiro atoms. The van der Waals surface area contributed by atoms with Crippen LogP contribution in [0.5, 0.6) is 5.75 Å². The Morgan fingerprint density at radius 2 is 1.92 bits per heavy atom. The third kappa shape index (κ3) is 6.15. The van der Waals surface area contributed by atoms with Crippen molar-refractivity contribution in [3.63, 3.8) is 0 Å². The van der Waals surface area contributed by atoms with Crippen LogP contribution in [0.15, 0.2) is 46.7 Å². The van der Waals surface area contributed by atoms with Gasteiger partial charge in [-0.2, -0.15) is 8.42 Å². The molecule has 0 aliphatic heterocycles. The molecule has 0 radical (unpaired) electrons. The number of ether oxygens (including phenoxy) is 1. The van der Waals surface area contributed by atoms with E-state index in [1.165, 1.54) is 23.5 Å². The van der Waals surface area contributed by atoms with Gasteiger partial charge in [0.15, 0.2) is 0 Å². The summed E-state index contributed by atoms with van der Waals surface area (Å²) in [5, 5.41) is 4.54. The van der Waals surface area contributed by atoms with E-state index in [-0.39, 0.29) is 23.5 Å². The van der Waals surface area contributed by atoms with Crippen molar-refractivity contribution in [3.05, 3.63) is 46.7 Å². The standard InChI is InChI=1S/C17H21NO5S2/c1-13(2)23-14-6-8-15(9-7-14)25(20,21)22-11-4-10-18-17(19)16-5-3-12-24-16/h3,5-9,12-13H,4,10-11H2,1-2H3,(H,18,19). The monoisotopic (exact) mass is 383 g/mol. The molecule has 136 valence electrons. The second-order valence-electron chi connectivity index (χ2n) is 5.50. The van der Waals surface area contributed by atoms with E-state index in [0.29, 0.717) is 23.6 Å². The number of hydrogen-bond donors (Lipinski definition) is 1. The molecule has 2 aromatic rings. The van der Waals surface area contributed by atoms with Gasteiger partial charge in [-0.1, -0.05) is 6.07 Å². The van der Waals surface area contributed by atoms with Gasteiger partial charge in [-0.25, -0.2) is 0 Å². The van der Waals surface area contributed by atoms with E-state index in [9.17, 15) is 13.2 Å². The minimum absolute atomic E-state index is 0.00268. The van der Waals surface area contributed by atoms with E-state index in [4.69, 9.17) is 8.92 Å². The van der Waals surface area contributed by atoms with Crippen molar-refractivity contribution in [2.75, 3.05) is 13.2 Å². The van der Waals surface area contributed by atoms with Gasteiger partial charge in [0.25, 0.3) is 16.0 Å². The quantitative estimate of drug-likeness (QED) is 0.532. The predicted molar refractivity (Wildman–Crippen MR) is 96.6 cm³/mol. The highest BCUT2D eigenvalue weighted by Crippen LogP contribution is 2.18. The summed E-state index contributed by atoms with van der Waals surface area (Å²) >= 11 is 1.35. The van der Waals surface area contributed by atoms with Crippen molar-refractivity contribution in [1.29, 1.82) is 0 Å². The van der Waals surface area contributed by atoms with Gasteiger partial charge in [0, 0.05) is 6.54 Å². The molecule has 25 heavy (non-hydrogen) atoms. The fraction of sp³-hybridized carbons (Fsp3) is 0.353. The lowest BCUT2D eigenvalue weighted by Gasteiger charge is -2.10. The van der Waals surface area contributed by atoms with E-state index in [1.807, 2.05) is 19.2 Å². The Morgan fingerprint density at radius 3 is 2.52 bits per heavy atom. The molecule has 0 unspecified atom stereocenters. The molecule has 6 nitrogen and oxygen atoms in total. The Balaban J connectivity index is 1.76. The van der Waals surface area contributed by atoms with E-state index >= 15 is 0 Å². The highest BCUT2D eigenvalue weighted by atomic mass is 32.2. The Labute approximate surface area is 151 Å². The lowest BCUT2D eigenvalue weighted by atomic mass is 10.3. The molecule has 1 N–H and O–H groups in total. The topological polar surface area (TPSA) is 81.7 Å². The molecule has 0 saturated carbocycles. The molecule has 8 heteroatoms. The molecular weight excluding hydrogens is 362 g/mol. The molecule has 0 fully saturated rings. The molecule has 0 atom stereocenters. The van der Waals surface area contributed by atoms with Crippen LogP contribution < -0.4 is 10.1 Å². The van der Waals surface area contributed by atoms with Gasteiger partial charge in [-0.15, -0.1) is 11.3 Å². The summed E-state index contributed by atoms with van der Waals surface area (Å²) in [5.41, 5.74) is 0. The van der Waals surface area contributed by atoms with Gasteiger partial charge in [0.05, 0.1) is 22.5 Å². The first kappa shape index (κ1) is 19.4. The van der Waals surface area contributed by atoms with E-state index in [1.54, 1.807) is 24.3 Å². The average molecular weight is 383 g/mol.